The predicted molar refractivity (Wildman–Crippen MR) is 84.4 cm³/mol. The van der Waals surface area contributed by atoms with Gasteiger partial charge in [0.1, 0.15) is 5.75 Å². The fraction of sp³-hybridized carbons (Fsp3) is 0.529. The van der Waals surface area contributed by atoms with Crippen LogP contribution in [-0.2, 0) is 16.1 Å². The summed E-state index contributed by atoms with van der Waals surface area (Å²) < 4.78 is 5.42. The molecule has 1 aromatic carbocycles. The summed E-state index contributed by atoms with van der Waals surface area (Å²) in [6, 6.07) is 7.66. The second kappa shape index (κ2) is 7.82. The van der Waals surface area contributed by atoms with Crippen molar-refractivity contribution in [3.05, 3.63) is 29.8 Å². The van der Waals surface area contributed by atoms with E-state index in [1.165, 1.54) is 0 Å². The van der Waals surface area contributed by atoms with E-state index in [1.54, 1.807) is 0 Å². The molecule has 1 aromatic rings. The van der Waals surface area contributed by atoms with Gasteiger partial charge >= 0.3 is 0 Å². The Kier molecular flexibility index (Phi) is 5.81. The summed E-state index contributed by atoms with van der Waals surface area (Å²) >= 11 is 0. The van der Waals surface area contributed by atoms with Gasteiger partial charge in [-0.1, -0.05) is 19.1 Å². The Labute approximate surface area is 131 Å². The zero-order valence-corrected chi connectivity index (χ0v) is 13.2. The van der Waals surface area contributed by atoms with E-state index >= 15 is 0 Å². The van der Waals surface area contributed by atoms with Crippen molar-refractivity contribution in [1.82, 2.24) is 10.6 Å². The number of carbonyl (C=O) groups is 2. The Balaban J connectivity index is 1.64. The van der Waals surface area contributed by atoms with Gasteiger partial charge in [0.15, 0.2) is 0 Å². The molecule has 0 heterocycles. The van der Waals surface area contributed by atoms with Crippen LogP contribution >= 0.6 is 0 Å². The second-order valence-electron chi connectivity index (χ2n) is 5.72. The summed E-state index contributed by atoms with van der Waals surface area (Å²) in [5, 5.41) is 5.66. The van der Waals surface area contributed by atoms with Gasteiger partial charge in [-0.2, -0.15) is 0 Å². The van der Waals surface area contributed by atoms with Crippen LogP contribution in [0, 0.1) is 11.8 Å². The van der Waals surface area contributed by atoms with E-state index in [0.717, 1.165) is 17.7 Å². The number of amides is 2. The lowest BCUT2D eigenvalue weighted by molar-refractivity contribution is -0.123. The number of benzene rings is 1. The van der Waals surface area contributed by atoms with Crippen molar-refractivity contribution in [1.29, 1.82) is 0 Å². The Bertz CT molecular complexity index is 530. The first kappa shape index (κ1) is 16.3. The van der Waals surface area contributed by atoms with Gasteiger partial charge in [-0.25, -0.2) is 0 Å². The molecule has 5 heteroatoms. The Morgan fingerprint density at radius 2 is 2.09 bits per heavy atom. The average molecular weight is 304 g/mol. The molecule has 0 saturated heterocycles. The molecule has 120 valence electrons. The minimum atomic E-state index is -0.0639. The summed E-state index contributed by atoms with van der Waals surface area (Å²) in [4.78, 5) is 23.4. The fourth-order valence-corrected chi connectivity index (χ4v) is 2.32. The third-order valence-electron chi connectivity index (χ3n) is 3.80. The van der Waals surface area contributed by atoms with Gasteiger partial charge in [0.25, 0.3) is 0 Å². The molecule has 1 aliphatic rings. The Morgan fingerprint density at radius 1 is 1.32 bits per heavy atom. The number of ether oxygens (including phenoxy) is 1. The molecule has 2 atom stereocenters. The van der Waals surface area contributed by atoms with Crippen molar-refractivity contribution in [3.63, 3.8) is 0 Å². The van der Waals surface area contributed by atoms with E-state index in [-0.39, 0.29) is 17.7 Å². The summed E-state index contributed by atoms with van der Waals surface area (Å²) in [7, 11) is 0. The molecule has 1 saturated carbocycles. The Hall–Kier alpha value is -2.04. The van der Waals surface area contributed by atoms with Crippen molar-refractivity contribution >= 4 is 11.8 Å². The van der Waals surface area contributed by atoms with Crippen LogP contribution in [0.2, 0.25) is 0 Å². The van der Waals surface area contributed by atoms with Crippen molar-refractivity contribution in [2.75, 3.05) is 13.2 Å². The van der Waals surface area contributed by atoms with E-state index in [9.17, 15) is 9.59 Å². The largest absolute Gasteiger partial charge is 0.494 e. The molecule has 0 aliphatic heterocycles. The van der Waals surface area contributed by atoms with Gasteiger partial charge in [-0.05, 0) is 37.0 Å². The van der Waals surface area contributed by atoms with E-state index < -0.39 is 0 Å². The van der Waals surface area contributed by atoms with E-state index in [4.69, 9.17) is 4.74 Å². The Morgan fingerprint density at radius 3 is 2.77 bits per heavy atom. The second-order valence-corrected chi connectivity index (χ2v) is 5.72. The highest BCUT2D eigenvalue weighted by molar-refractivity contribution is 5.82. The van der Waals surface area contributed by atoms with Gasteiger partial charge in [-0.3, -0.25) is 9.59 Å². The SMILES string of the molecule is CCOc1cccc(CNC(=O)CCNC(=O)[C@@H]2C[C@@H]2C)c1. The predicted octanol–water partition coefficient (Wildman–Crippen LogP) is 1.86. The van der Waals surface area contributed by atoms with Gasteiger partial charge < -0.3 is 15.4 Å². The molecule has 0 spiro atoms. The smallest absolute Gasteiger partial charge is 0.223 e. The number of carbonyl (C=O) groups excluding carboxylic acids is 2. The molecule has 0 bridgehead atoms. The molecule has 2 N–H and O–H groups in total. The first-order chi connectivity index (χ1) is 10.6. The summed E-state index contributed by atoms with van der Waals surface area (Å²) in [5.41, 5.74) is 0.996. The highest BCUT2D eigenvalue weighted by Gasteiger charge is 2.38. The topological polar surface area (TPSA) is 67.4 Å². The normalized spacial score (nSPS) is 19.4. The lowest BCUT2D eigenvalue weighted by atomic mass is 10.2. The lowest BCUT2D eigenvalue weighted by Crippen LogP contribution is -2.31. The molecule has 1 fully saturated rings. The molecule has 1 aliphatic carbocycles. The van der Waals surface area contributed by atoms with Crippen LogP contribution in [0.5, 0.6) is 5.75 Å². The first-order valence-electron chi connectivity index (χ1n) is 7.86. The van der Waals surface area contributed by atoms with Crippen molar-refractivity contribution in [3.8, 4) is 5.75 Å². The maximum absolute atomic E-state index is 11.8. The van der Waals surface area contributed by atoms with Crippen LogP contribution in [0.1, 0.15) is 32.3 Å². The van der Waals surface area contributed by atoms with Gasteiger partial charge in [0.05, 0.1) is 6.61 Å². The van der Waals surface area contributed by atoms with Crippen LogP contribution in [0.4, 0.5) is 0 Å². The van der Waals surface area contributed by atoms with Crippen molar-refractivity contribution < 1.29 is 14.3 Å². The number of hydrogen-bond acceptors (Lipinski definition) is 3. The highest BCUT2D eigenvalue weighted by atomic mass is 16.5. The number of hydrogen-bond donors (Lipinski definition) is 2. The quantitative estimate of drug-likeness (QED) is 0.770. The summed E-state index contributed by atoms with van der Waals surface area (Å²) in [6.45, 7) is 5.48. The number of rotatable bonds is 8. The minimum absolute atomic E-state index is 0.0639. The molecule has 2 amide bonds. The molecule has 5 nitrogen and oxygen atoms in total. The standard InChI is InChI=1S/C17H24N2O3/c1-3-22-14-6-4-5-13(10-14)11-19-16(20)7-8-18-17(21)15-9-12(15)2/h4-6,10,12,15H,3,7-9,11H2,1-2H3,(H,18,21)(H,19,20)/t12-,15+/m0/s1. The first-order valence-corrected chi connectivity index (χ1v) is 7.86. The minimum Gasteiger partial charge on any atom is -0.494 e. The fourth-order valence-electron chi connectivity index (χ4n) is 2.32. The molecule has 0 radical (unpaired) electrons. The van der Waals surface area contributed by atoms with Gasteiger partial charge in [0, 0.05) is 25.4 Å². The summed E-state index contributed by atoms with van der Waals surface area (Å²) in [5.74, 6) is 1.46. The van der Waals surface area contributed by atoms with Crippen LogP contribution in [0.15, 0.2) is 24.3 Å². The molecule has 0 unspecified atom stereocenters. The van der Waals surface area contributed by atoms with Crippen molar-refractivity contribution in [2.24, 2.45) is 11.8 Å². The molecular weight excluding hydrogens is 280 g/mol. The third-order valence-corrected chi connectivity index (χ3v) is 3.80. The summed E-state index contributed by atoms with van der Waals surface area (Å²) in [6.07, 6.45) is 1.27. The van der Waals surface area contributed by atoms with Crippen LogP contribution in [-0.4, -0.2) is 25.0 Å². The maximum atomic E-state index is 11.8. The van der Waals surface area contributed by atoms with Crippen LogP contribution < -0.4 is 15.4 Å². The molecule has 2 rings (SSSR count). The highest BCUT2D eigenvalue weighted by Crippen LogP contribution is 2.37. The zero-order chi connectivity index (χ0) is 15.9. The average Bonchev–Trinajstić information content (AvgIpc) is 3.23. The lowest BCUT2D eigenvalue weighted by Gasteiger charge is -2.08. The van der Waals surface area contributed by atoms with Crippen LogP contribution in [0.3, 0.4) is 0 Å². The zero-order valence-electron chi connectivity index (χ0n) is 13.2. The van der Waals surface area contributed by atoms with Crippen LogP contribution in [0.25, 0.3) is 0 Å². The van der Waals surface area contributed by atoms with Crippen molar-refractivity contribution in [2.45, 2.75) is 33.2 Å². The third kappa shape index (κ3) is 5.06. The van der Waals surface area contributed by atoms with E-state index in [1.807, 2.05) is 31.2 Å². The number of nitrogens with one attached hydrogen (secondary N) is 2. The van der Waals surface area contributed by atoms with Gasteiger partial charge in [-0.15, -0.1) is 0 Å². The molecular formula is C17H24N2O3. The van der Waals surface area contributed by atoms with E-state index in [2.05, 4.69) is 17.6 Å². The monoisotopic (exact) mass is 304 g/mol. The molecule has 22 heavy (non-hydrogen) atoms. The van der Waals surface area contributed by atoms with Gasteiger partial charge in [0.2, 0.25) is 11.8 Å². The molecule has 0 aromatic heterocycles. The van der Waals surface area contributed by atoms with E-state index in [0.29, 0.717) is 32.0 Å². The maximum Gasteiger partial charge on any atom is 0.223 e.